The summed E-state index contributed by atoms with van der Waals surface area (Å²) in [5.74, 6) is 0.632. The molecule has 138 valence electrons. The lowest BCUT2D eigenvalue weighted by Gasteiger charge is -2.19. The molecule has 0 bridgehead atoms. The number of aryl methyl sites for hydroxylation is 3. The third kappa shape index (κ3) is 4.66. The second kappa shape index (κ2) is 7.81. The molecule has 0 amide bonds. The summed E-state index contributed by atoms with van der Waals surface area (Å²) < 4.78 is 24.8. The van der Waals surface area contributed by atoms with E-state index in [1.54, 1.807) is 48.5 Å². The van der Waals surface area contributed by atoms with Crippen LogP contribution in [0.15, 0.2) is 72.8 Å². The van der Waals surface area contributed by atoms with E-state index in [0.717, 1.165) is 16.7 Å². The van der Waals surface area contributed by atoms with E-state index in [0.29, 0.717) is 11.5 Å². The van der Waals surface area contributed by atoms with Crippen molar-refractivity contribution in [3.8, 4) is 11.5 Å². The molecule has 5 heteroatoms. The first kappa shape index (κ1) is 18.9. The van der Waals surface area contributed by atoms with Gasteiger partial charge in [0.25, 0.3) is 5.52 Å². The lowest BCUT2D eigenvalue weighted by atomic mass is 10.2. The summed E-state index contributed by atoms with van der Waals surface area (Å²) in [6.07, 6.45) is 0. The zero-order chi connectivity index (χ0) is 19.4. The van der Waals surface area contributed by atoms with Crippen LogP contribution in [0.1, 0.15) is 27.0 Å². The summed E-state index contributed by atoms with van der Waals surface area (Å²) in [5, 5.41) is 0. The lowest BCUT2D eigenvalue weighted by molar-refractivity contribution is 0.104. The minimum Gasteiger partial charge on any atom is -0.411 e. The maximum absolute atomic E-state index is 13.5. The Morgan fingerprint density at radius 1 is 0.630 bits per heavy atom. The third-order valence-electron chi connectivity index (χ3n) is 4.04. The highest BCUT2D eigenvalue weighted by molar-refractivity contribution is 7.73. The van der Waals surface area contributed by atoms with Gasteiger partial charge < -0.3 is 9.05 Å². The van der Waals surface area contributed by atoms with E-state index < -0.39 is 13.1 Å². The van der Waals surface area contributed by atoms with Crippen molar-refractivity contribution in [2.24, 2.45) is 0 Å². The molecule has 0 heterocycles. The van der Waals surface area contributed by atoms with Gasteiger partial charge in [0.1, 0.15) is 11.5 Å². The molecule has 3 aromatic rings. The molecule has 0 fully saturated rings. The molecule has 0 aromatic heterocycles. The Morgan fingerprint density at radius 2 is 0.963 bits per heavy atom. The Labute approximate surface area is 159 Å². The van der Waals surface area contributed by atoms with Gasteiger partial charge in [-0.25, -0.2) is 4.57 Å². The number of hydrogen-bond donors (Lipinski definition) is 0. The summed E-state index contributed by atoms with van der Waals surface area (Å²) >= 11 is 0. The van der Waals surface area contributed by atoms with Gasteiger partial charge in [-0.2, -0.15) is 0 Å². The van der Waals surface area contributed by atoms with Crippen molar-refractivity contribution in [2.75, 3.05) is 0 Å². The van der Waals surface area contributed by atoms with Crippen molar-refractivity contribution < 1.29 is 18.4 Å². The molecule has 0 aliphatic rings. The van der Waals surface area contributed by atoms with Crippen molar-refractivity contribution in [1.29, 1.82) is 0 Å². The fourth-order valence-corrected chi connectivity index (χ4v) is 3.90. The molecule has 0 saturated carbocycles. The van der Waals surface area contributed by atoms with Crippen LogP contribution in [-0.2, 0) is 4.57 Å². The summed E-state index contributed by atoms with van der Waals surface area (Å²) in [6, 6.07) is 20.8. The SMILES string of the molecule is Cc1ccc(OP(=O)(Oc2ccc(C)cc2)C(=O)c2ccc(C)cc2)cc1. The number of carbonyl (C=O) groups is 1. The first-order valence-corrected chi connectivity index (χ1v) is 10.1. The van der Waals surface area contributed by atoms with Crippen molar-refractivity contribution in [1.82, 2.24) is 0 Å². The Kier molecular flexibility index (Phi) is 5.48. The minimum atomic E-state index is -4.16. The molecule has 0 radical (unpaired) electrons. The quantitative estimate of drug-likeness (QED) is 0.485. The maximum Gasteiger partial charge on any atom is 0.503 e. The van der Waals surface area contributed by atoms with Gasteiger partial charge in [-0.05, 0) is 45.0 Å². The maximum atomic E-state index is 13.5. The second-order valence-corrected chi connectivity index (χ2v) is 8.24. The van der Waals surface area contributed by atoms with Crippen molar-refractivity contribution in [3.63, 3.8) is 0 Å². The van der Waals surface area contributed by atoms with Crippen molar-refractivity contribution in [2.45, 2.75) is 20.8 Å². The van der Waals surface area contributed by atoms with E-state index >= 15 is 0 Å². The summed E-state index contributed by atoms with van der Waals surface area (Å²) in [7, 11) is -4.16. The molecule has 0 spiro atoms. The van der Waals surface area contributed by atoms with Gasteiger partial charge in [-0.1, -0.05) is 65.2 Å². The van der Waals surface area contributed by atoms with Gasteiger partial charge in [-0.15, -0.1) is 0 Å². The molecule has 0 unspecified atom stereocenters. The van der Waals surface area contributed by atoms with E-state index in [1.807, 2.05) is 45.0 Å². The molecule has 4 nitrogen and oxygen atoms in total. The highest BCUT2D eigenvalue weighted by Gasteiger charge is 2.39. The minimum absolute atomic E-state index is 0.281. The number of hydrogen-bond acceptors (Lipinski definition) is 4. The van der Waals surface area contributed by atoms with Gasteiger partial charge in [-0.3, -0.25) is 4.79 Å². The Bertz CT molecular complexity index is 923. The molecule has 0 aliphatic carbocycles. The Balaban J connectivity index is 1.97. The molecule has 0 atom stereocenters. The average molecular weight is 380 g/mol. The lowest BCUT2D eigenvalue weighted by Crippen LogP contribution is -2.12. The molecule has 3 aromatic carbocycles. The van der Waals surface area contributed by atoms with E-state index in [4.69, 9.17) is 9.05 Å². The first-order chi connectivity index (χ1) is 12.9. The van der Waals surface area contributed by atoms with E-state index in [1.165, 1.54) is 0 Å². The average Bonchev–Trinajstić information content (AvgIpc) is 2.66. The van der Waals surface area contributed by atoms with Crippen molar-refractivity contribution in [3.05, 3.63) is 95.1 Å². The third-order valence-corrected chi connectivity index (χ3v) is 5.70. The molecule has 0 saturated heterocycles. The number of rotatable bonds is 6. The van der Waals surface area contributed by atoms with Crippen LogP contribution in [0, 0.1) is 20.8 Å². The number of carbonyl (C=O) groups excluding carboxylic acids is 1. The fourth-order valence-electron chi connectivity index (χ4n) is 2.43. The Hall–Kier alpha value is -2.84. The van der Waals surface area contributed by atoms with Crippen molar-refractivity contribution >= 4 is 13.1 Å². The van der Waals surface area contributed by atoms with Gasteiger partial charge in [0.15, 0.2) is 0 Å². The van der Waals surface area contributed by atoms with Crippen LogP contribution in [0.25, 0.3) is 0 Å². The summed E-state index contributed by atoms with van der Waals surface area (Å²) in [5.41, 5.74) is 2.66. The van der Waals surface area contributed by atoms with Crippen LogP contribution in [0.5, 0.6) is 11.5 Å². The highest BCUT2D eigenvalue weighted by Crippen LogP contribution is 2.51. The van der Waals surface area contributed by atoms with Gasteiger partial charge in [0.05, 0.1) is 0 Å². The Morgan fingerprint density at radius 3 is 1.33 bits per heavy atom. The fraction of sp³-hybridized carbons (Fsp3) is 0.136. The molecular formula is C22H21O4P. The predicted octanol–water partition coefficient (Wildman–Crippen LogP) is 6.10. The van der Waals surface area contributed by atoms with Crippen LogP contribution in [0.4, 0.5) is 0 Å². The molecular weight excluding hydrogens is 359 g/mol. The standard InChI is InChI=1S/C22H21O4P/c1-16-4-10-19(11-5-16)22(23)27(24,25-20-12-6-17(2)7-13-20)26-21-14-8-18(3)9-15-21/h4-15H,1-3H3. The number of benzene rings is 3. The zero-order valence-electron chi connectivity index (χ0n) is 15.5. The molecule has 0 aliphatic heterocycles. The van der Waals surface area contributed by atoms with E-state index in [9.17, 15) is 9.36 Å². The first-order valence-electron chi connectivity index (χ1n) is 8.60. The largest absolute Gasteiger partial charge is 0.503 e. The smallest absolute Gasteiger partial charge is 0.411 e. The summed E-state index contributed by atoms with van der Waals surface area (Å²) in [6.45, 7) is 5.78. The molecule has 0 N–H and O–H groups in total. The van der Waals surface area contributed by atoms with Crippen LogP contribution in [-0.4, -0.2) is 5.52 Å². The van der Waals surface area contributed by atoms with Crippen LogP contribution in [0.2, 0.25) is 0 Å². The zero-order valence-corrected chi connectivity index (χ0v) is 16.4. The second-order valence-electron chi connectivity index (χ2n) is 6.48. The van der Waals surface area contributed by atoms with Gasteiger partial charge in [0, 0.05) is 5.56 Å². The van der Waals surface area contributed by atoms with E-state index in [-0.39, 0.29) is 5.56 Å². The van der Waals surface area contributed by atoms with Crippen LogP contribution >= 0.6 is 7.60 Å². The molecule has 3 rings (SSSR count). The predicted molar refractivity (Wildman–Crippen MR) is 107 cm³/mol. The van der Waals surface area contributed by atoms with Gasteiger partial charge in [0.2, 0.25) is 0 Å². The van der Waals surface area contributed by atoms with E-state index in [2.05, 4.69) is 0 Å². The van der Waals surface area contributed by atoms with Crippen LogP contribution < -0.4 is 9.05 Å². The van der Waals surface area contributed by atoms with Crippen LogP contribution in [0.3, 0.4) is 0 Å². The monoisotopic (exact) mass is 380 g/mol. The van der Waals surface area contributed by atoms with Gasteiger partial charge >= 0.3 is 7.60 Å². The normalized spacial score (nSPS) is 11.1. The molecule has 27 heavy (non-hydrogen) atoms. The highest BCUT2D eigenvalue weighted by atomic mass is 31.2. The summed E-state index contributed by atoms with van der Waals surface area (Å²) in [4.78, 5) is 13.0. The topological polar surface area (TPSA) is 52.6 Å².